The Hall–Kier alpha value is -2.82. The van der Waals surface area contributed by atoms with Crippen LogP contribution >= 0.6 is 0 Å². The molecule has 2 aliphatic heterocycles. The van der Waals surface area contributed by atoms with Crippen molar-refractivity contribution in [3.63, 3.8) is 0 Å². The normalized spacial score (nSPS) is 19.3. The molecule has 1 atom stereocenters. The summed E-state index contributed by atoms with van der Waals surface area (Å²) in [5, 5.41) is 0. The highest BCUT2D eigenvalue weighted by atomic mass is 16.5. The Morgan fingerprint density at radius 3 is 2.64 bits per heavy atom. The van der Waals surface area contributed by atoms with Crippen LogP contribution in [0, 0.1) is 0 Å². The summed E-state index contributed by atoms with van der Waals surface area (Å²) < 4.78 is 5.52. The number of carbonyl (C=O) groups excluding carboxylic acids is 2. The van der Waals surface area contributed by atoms with E-state index in [1.807, 2.05) is 48.2 Å². The Morgan fingerprint density at radius 1 is 1.11 bits per heavy atom. The van der Waals surface area contributed by atoms with Gasteiger partial charge < -0.3 is 14.5 Å². The van der Waals surface area contributed by atoms with E-state index in [4.69, 9.17) is 4.74 Å². The van der Waals surface area contributed by atoms with Crippen LogP contribution in [0.4, 0.5) is 5.69 Å². The van der Waals surface area contributed by atoms with E-state index in [2.05, 4.69) is 12.1 Å². The highest BCUT2D eigenvalue weighted by molar-refractivity contribution is 5.99. The summed E-state index contributed by atoms with van der Waals surface area (Å²) in [6.45, 7) is 4.09. The number of amides is 2. The molecule has 0 saturated carbocycles. The third-order valence-electron chi connectivity index (χ3n) is 5.57. The van der Waals surface area contributed by atoms with Gasteiger partial charge in [0.05, 0.1) is 12.6 Å². The summed E-state index contributed by atoms with van der Waals surface area (Å²) in [6.07, 6.45) is 3.42. The van der Waals surface area contributed by atoms with Gasteiger partial charge in [0.15, 0.2) is 0 Å². The minimum atomic E-state index is 0.0323. The minimum absolute atomic E-state index is 0.0323. The average molecular weight is 378 g/mol. The Morgan fingerprint density at radius 2 is 1.93 bits per heavy atom. The van der Waals surface area contributed by atoms with Crippen molar-refractivity contribution in [1.82, 2.24) is 4.90 Å². The standard InChI is InChI=1S/C23H26N2O3/c1-2-28-20-12-10-17(11-13-20)21-8-4-15-25(21)23(27)18-6-3-7-19(16-18)24-14-5-9-22(24)26/h3,6-7,10-13,16,21H,2,4-5,8-9,14-15H2,1H3/t21-/m0/s1. The van der Waals surface area contributed by atoms with Crippen LogP contribution in [-0.4, -0.2) is 36.4 Å². The number of carbonyl (C=O) groups is 2. The van der Waals surface area contributed by atoms with Gasteiger partial charge in [-0.2, -0.15) is 0 Å². The van der Waals surface area contributed by atoms with Crippen LogP contribution in [0.25, 0.3) is 0 Å². The van der Waals surface area contributed by atoms with Gasteiger partial charge in [-0.1, -0.05) is 18.2 Å². The molecule has 28 heavy (non-hydrogen) atoms. The maximum Gasteiger partial charge on any atom is 0.254 e. The lowest BCUT2D eigenvalue weighted by molar-refractivity contribution is -0.117. The molecule has 0 aliphatic carbocycles. The number of hydrogen-bond donors (Lipinski definition) is 0. The van der Waals surface area contributed by atoms with Gasteiger partial charge in [0.25, 0.3) is 5.91 Å². The molecule has 2 heterocycles. The first-order valence-electron chi connectivity index (χ1n) is 10.1. The van der Waals surface area contributed by atoms with Crippen LogP contribution in [0.3, 0.4) is 0 Å². The highest BCUT2D eigenvalue weighted by Gasteiger charge is 2.31. The van der Waals surface area contributed by atoms with Crippen LogP contribution in [0.5, 0.6) is 5.75 Å². The topological polar surface area (TPSA) is 49.9 Å². The highest BCUT2D eigenvalue weighted by Crippen LogP contribution is 2.34. The van der Waals surface area contributed by atoms with Gasteiger partial charge in [-0.15, -0.1) is 0 Å². The van der Waals surface area contributed by atoms with Gasteiger partial charge in [0, 0.05) is 30.8 Å². The molecular formula is C23H26N2O3. The van der Waals surface area contributed by atoms with Crippen LogP contribution in [-0.2, 0) is 4.79 Å². The van der Waals surface area contributed by atoms with Crippen LogP contribution in [0.15, 0.2) is 48.5 Å². The fourth-order valence-corrected chi connectivity index (χ4v) is 4.20. The summed E-state index contributed by atoms with van der Waals surface area (Å²) in [5.41, 5.74) is 2.61. The number of ether oxygens (including phenoxy) is 1. The Bertz CT molecular complexity index is 862. The lowest BCUT2D eigenvalue weighted by Gasteiger charge is -2.26. The number of likely N-dealkylation sites (tertiary alicyclic amines) is 1. The maximum atomic E-state index is 13.2. The van der Waals surface area contributed by atoms with E-state index in [-0.39, 0.29) is 17.9 Å². The van der Waals surface area contributed by atoms with Crippen molar-refractivity contribution in [3.8, 4) is 5.75 Å². The fourth-order valence-electron chi connectivity index (χ4n) is 4.20. The van der Waals surface area contributed by atoms with E-state index in [0.717, 1.165) is 49.4 Å². The molecule has 2 saturated heterocycles. The number of benzene rings is 2. The number of nitrogens with zero attached hydrogens (tertiary/aromatic N) is 2. The average Bonchev–Trinajstić information content (AvgIpc) is 3.37. The molecule has 0 N–H and O–H groups in total. The molecule has 2 aromatic rings. The monoisotopic (exact) mass is 378 g/mol. The predicted molar refractivity (Wildman–Crippen MR) is 109 cm³/mol. The molecule has 0 unspecified atom stereocenters. The quantitative estimate of drug-likeness (QED) is 0.784. The van der Waals surface area contributed by atoms with E-state index in [1.54, 1.807) is 4.90 Å². The third kappa shape index (κ3) is 3.61. The number of anilines is 1. The van der Waals surface area contributed by atoms with Crippen LogP contribution in [0.2, 0.25) is 0 Å². The summed E-state index contributed by atoms with van der Waals surface area (Å²) in [6, 6.07) is 15.6. The SMILES string of the molecule is CCOc1ccc([C@@H]2CCCN2C(=O)c2cccc(N3CCCC3=O)c2)cc1. The van der Waals surface area contributed by atoms with Gasteiger partial charge >= 0.3 is 0 Å². The zero-order chi connectivity index (χ0) is 19.5. The second-order valence-electron chi connectivity index (χ2n) is 7.36. The molecule has 5 heteroatoms. The summed E-state index contributed by atoms with van der Waals surface area (Å²) in [5.74, 6) is 1.02. The molecule has 2 aromatic carbocycles. The lowest BCUT2D eigenvalue weighted by Crippen LogP contribution is -2.31. The zero-order valence-electron chi connectivity index (χ0n) is 16.3. The molecule has 2 amide bonds. The lowest BCUT2D eigenvalue weighted by atomic mass is 10.0. The van der Waals surface area contributed by atoms with Crippen molar-refractivity contribution in [1.29, 1.82) is 0 Å². The van der Waals surface area contributed by atoms with Crippen LogP contribution < -0.4 is 9.64 Å². The largest absolute Gasteiger partial charge is 0.494 e. The molecule has 5 nitrogen and oxygen atoms in total. The van der Waals surface area contributed by atoms with Gasteiger partial charge in [-0.05, 0) is 62.1 Å². The van der Waals surface area contributed by atoms with E-state index < -0.39 is 0 Å². The van der Waals surface area contributed by atoms with Gasteiger partial charge in [-0.25, -0.2) is 0 Å². The number of rotatable bonds is 5. The molecule has 2 fully saturated rings. The summed E-state index contributed by atoms with van der Waals surface area (Å²) >= 11 is 0. The second-order valence-corrected chi connectivity index (χ2v) is 7.36. The fraction of sp³-hybridized carbons (Fsp3) is 0.391. The number of hydrogen-bond acceptors (Lipinski definition) is 3. The second kappa shape index (κ2) is 8.05. The van der Waals surface area contributed by atoms with Gasteiger partial charge in [0.2, 0.25) is 5.91 Å². The van der Waals surface area contributed by atoms with E-state index in [9.17, 15) is 9.59 Å². The zero-order valence-corrected chi connectivity index (χ0v) is 16.3. The maximum absolute atomic E-state index is 13.2. The van der Waals surface area contributed by atoms with E-state index in [0.29, 0.717) is 18.6 Å². The molecule has 0 spiro atoms. The first-order chi connectivity index (χ1) is 13.7. The van der Waals surface area contributed by atoms with Crippen LogP contribution in [0.1, 0.15) is 54.6 Å². The van der Waals surface area contributed by atoms with Crippen molar-refractivity contribution in [3.05, 3.63) is 59.7 Å². The van der Waals surface area contributed by atoms with Crippen molar-refractivity contribution in [2.45, 2.75) is 38.6 Å². The molecule has 0 bridgehead atoms. The van der Waals surface area contributed by atoms with Gasteiger partial charge in [-0.3, -0.25) is 9.59 Å². The smallest absolute Gasteiger partial charge is 0.254 e. The minimum Gasteiger partial charge on any atom is -0.494 e. The summed E-state index contributed by atoms with van der Waals surface area (Å²) in [4.78, 5) is 29.0. The molecular weight excluding hydrogens is 352 g/mol. The first kappa shape index (κ1) is 18.5. The molecule has 146 valence electrons. The Balaban J connectivity index is 1.54. The van der Waals surface area contributed by atoms with E-state index in [1.165, 1.54) is 0 Å². The van der Waals surface area contributed by atoms with Crippen molar-refractivity contribution in [2.75, 3.05) is 24.6 Å². The van der Waals surface area contributed by atoms with Gasteiger partial charge in [0.1, 0.15) is 5.75 Å². The first-order valence-corrected chi connectivity index (χ1v) is 10.1. The predicted octanol–water partition coefficient (Wildman–Crippen LogP) is 4.19. The summed E-state index contributed by atoms with van der Waals surface area (Å²) in [7, 11) is 0. The molecule has 2 aliphatic rings. The molecule has 0 aromatic heterocycles. The molecule has 4 rings (SSSR count). The Kier molecular flexibility index (Phi) is 5.33. The third-order valence-corrected chi connectivity index (χ3v) is 5.57. The Labute approximate surface area is 165 Å². The van der Waals surface area contributed by atoms with Crippen molar-refractivity contribution < 1.29 is 14.3 Å². The van der Waals surface area contributed by atoms with E-state index >= 15 is 0 Å². The van der Waals surface area contributed by atoms with Crippen molar-refractivity contribution in [2.24, 2.45) is 0 Å². The van der Waals surface area contributed by atoms with Crippen molar-refractivity contribution >= 4 is 17.5 Å². The molecule has 0 radical (unpaired) electrons.